The van der Waals surface area contributed by atoms with E-state index in [-0.39, 0.29) is 17.1 Å². The molecular weight excluding hydrogens is 384 g/mol. The molecule has 0 atom stereocenters. The van der Waals surface area contributed by atoms with Gasteiger partial charge in [0.05, 0.1) is 0 Å². The molecule has 0 unspecified atom stereocenters. The van der Waals surface area contributed by atoms with Crippen molar-refractivity contribution in [1.29, 1.82) is 0 Å². The number of hydrogen-bond acceptors (Lipinski definition) is 3. The number of nitrogens with zero attached hydrogens (tertiary/aromatic N) is 4. The lowest BCUT2D eigenvalue weighted by molar-refractivity contribution is 0.0651. The minimum atomic E-state index is -0.171. The van der Waals surface area contributed by atoms with Crippen LogP contribution in [0.3, 0.4) is 0 Å². The van der Waals surface area contributed by atoms with Gasteiger partial charge in [-0.2, -0.15) is 0 Å². The van der Waals surface area contributed by atoms with Crippen LogP contribution in [-0.4, -0.2) is 38.5 Å². The molecule has 1 saturated heterocycles. The molecule has 0 N–H and O–H groups in total. The summed E-state index contributed by atoms with van der Waals surface area (Å²) >= 11 is 6.01. The summed E-state index contributed by atoms with van der Waals surface area (Å²) < 4.78 is 1.62. The number of fused-ring (bicyclic) bond motifs is 1. The highest BCUT2D eigenvalue weighted by Crippen LogP contribution is 2.34. The molecule has 1 amide bonds. The Morgan fingerprint density at radius 3 is 2.86 bits per heavy atom. The Hall–Kier alpha value is -3.10. The van der Waals surface area contributed by atoms with Gasteiger partial charge >= 0.3 is 0 Å². The molecule has 4 rings (SSSR count). The number of halogens is 1. The zero-order valence-electron chi connectivity index (χ0n) is 16.4. The third-order valence-corrected chi connectivity index (χ3v) is 5.35. The van der Waals surface area contributed by atoms with Crippen molar-refractivity contribution in [2.45, 2.75) is 20.3 Å². The van der Waals surface area contributed by atoms with Crippen LogP contribution in [0.25, 0.3) is 5.65 Å². The lowest BCUT2D eigenvalue weighted by Crippen LogP contribution is -2.45. The third-order valence-electron chi connectivity index (χ3n) is 5.11. The first-order valence-corrected chi connectivity index (χ1v) is 9.87. The Bertz CT molecular complexity index is 1130. The topological polar surface area (TPSA) is 50.5 Å². The fourth-order valence-corrected chi connectivity index (χ4v) is 3.72. The summed E-state index contributed by atoms with van der Waals surface area (Å²) in [4.78, 5) is 19.1. The normalized spacial score (nSPS) is 17.2. The lowest BCUT2D eigenvalue weighted by atomic mass is 9.78. The summed E-state index contributed by atoms with van der Waals surface area (Å²) in [5.74, 6) is 6.38. The van der Waals surface area contributed by atoms with E-state index in [9.17, 15) is 4.79 Å². The van der Waals surface area contributed by atoms with Crippen LogP contribution in [0.15, 0.2) is 60.3 Å². The third kappa shape index (κ3) is 4.18. The van der Waals surface area contributed by atoms with Crippen molar-refractivity contribution in [2.24, 2.45) is 5.41 Å². The summed E-state index contributed by atoms with van der Waals surface area (Å²) in [5, 5.41) is 4.99. The van der Waals surface area contributed by atoms with Gasteiger partial charge in [0.15, 0.2) is 5.65 Å². The molecule has 1 aromatic carbocycles. The van der Waals surface area contributed by atoms with Crippen LogP contribution in [0, 0.1) is 17.3 Å². The van der Waals surface area contributed by atoms with Gasteiger partial charge in [-0.25, -0.2) is 9.50 Å². The van der Waals surface area contributed by atoms with Crippen LogP contribution < -0.4 is 0 Å². The molecule has 1 aliphatic rings. The Kier molecular flexibility index (Phi) is 5.12. The van der Waals surface area contributed by atoms with Gasteiger partial charge in [-0.1, -0.05) is 55.0 Å². The van der Waals surface area contributed by atoms with E-state index in [1.807, 2.05) is 53.4 Å². The first kappa shape index (κ1) is 19.2. The van der Waals surface area contributed by atoms with Crippen LogP contribution in [0.2, 0.25) is 5.02 Å². The number of rotatable bonds is 1. The number of likely N-dealkylation sites (tertiary alicyclic amines) is 1. The number of aromatic nitrogens is 3. The maximum Gasteiger partial charge on any atom is 0.293 e. The first-order valence-electron chi connectivity index (χ1n) is 9.50. The fraction of sp³-hybridized carbons (Fsp3) is 0.261. The van der Waals surface area contributed by atoms with Gasteiger partial charge in [0.25, 0.3) is 5.91 Å². The van der Waals surface area contributed by atoms with Crippen molar-refractivity contribution >= 4 is 23.2 Å². The molecule has 146 valence electrons. The molecule has 3 aromatic rings. The maximum absolute atomic E-state index is 12.9. The van der Waals surface area contributed by atoms with E-state index in [1.165, 1.54) is 5.57 Å². The van der Waals surface area contributed by atoms with Crippen molar-refractivity contribution < 1.29 is 4.79 Å². The van der Waals surface area contributed by atoms with Crippen molar-refractivity contribution in [1.82, 2.24) is 19.5 Å². The van der Waals surface area contributed by atoms with Gasteiger partial charge < -0.3 is 4.90 Å². The molecule has 1 aliphatic heterocycles. The molecule has 0 aliphatic carbocycles. The molecule has 6 heteroatoms. The second-order valence-electron chi connectivity index (χ2n) is 7.75. The van der Waals surface area contributed by atoms with Crippen LogP contribution in [0.5, 0.6) is 0 Å². The smallest absolute Gasteiger partial charge is 0.293 e. The number of benzene rings is 1. The summed E-state index contributed by atoms with van der Waals surface area (Å²) in [7, 11) is 0. The van der Waals surface area contributed by atoms with Crippen molar-refractivity contribution in [3.05, 3.63) is 76.7 Å². The standard InChI is InChI=1S/C23H21ClN4O/c1-23(2)16-27(22(29)21-25-20-11-3-4-13-28(20)26-21)14-12-18(23)9-5-7-17-8-6-10-19(24)15-17/h3-4,6,8-11,13,15H,12,14,16H2,1-2H3/b18-9+. The Morgan fingerprint density at radius 2 is 2.10 bits per heavy atom. The predicted molar refractivity (Wildman–Crippen MR) is 114 cm³/mol. The number of hydrogen-bond donors (Lipinski definition) is 0. The summed E-state index contributed by atoms with van der Waals surface area (Å²) in [6.45, 7) is 5.50. The van der Waals surface area contributed by atoms with Gasteiger partial charge in [-0.3, -0.25) is 4.79 Å². The van der Waals surface area contributed by atoms with Gasteiger partial charge in [-0.15, -0.1) is 5.10 Å². The number of carbonyl (C=O) groups is 1. The molecule has 1 fully saturated rings. The summed E-state index contributed by atoms with van der Waals surface area (Å²) in [6, 6.07) is 13.1. The van der Waals surface area contributed by atoms with Gasteiger partial charge in [0, 0.05) is 35.3 Å². The number of amides is 1. The zero-order chi connectivity index (χ0) is 20.4. The van der Waals surface area contributed by atoms with E-state index in [0.29, 0.717) is 23.8 Å². The van der Waals surface area contributed by atoms with Crippen LogP contribution in [0.4, 0.5) is 0 Å². The summed E-state index contributed by atoms with van der Waals surface area (Å²) in [6.07, 6.45) is 4.54. The highest BCUT2D eigenvalue weighted by atomic mass is 35.5. The molecule has 2 aromatic heterocycles. The van der Waals surface area contributed by atoms with Gasteiger partial charge in [0.1, 0.15) is 0 Å². The zero-order valence-corrected chi connectivity index (χ0v) is 17.1. The molecule has 0 spiro atoms. The highest BCUT2D eigenvalue weighted by molar-refractivity contribution is 6.30. The molecule has 0 bridgehead atoms. The van der Waals surface area contributed by atoms with Crippen LogP contribution in [-0.2, 0) is 0 Å². The first-order chi connectivity index (χ1) is 13.9. The minimum absolute atomic E-state index is 0.133. The Balaban J connectivity index is 1.49. The monoisotopic (exact) mass is 404 g/mol. The second kappa shape index (κ2) is 7.73. The van der Waals surface area contributed by atoms with Crippen LogP contribution >= 0.6 is 11.6 Å². The molecule has 0 radical (unpaired) electrons. The molecule has 5 nitrogen and oxygen atoms in total. The molecule has 0 saturated carbocycles. The van der Waals surface area contributed by atoms with E-state index in [1.54, 1.807) is 10.7 Å². The van der Waals surface area contributed by atoms with E-state index < -0.39 is 0 Å². The summed E-state index contributed by atoms with van der Waals surface area (Å²) in [5.41, 5.74) is 2.62. The van der Waals surface area contributed by atoms with Crippen LogP contribution in [0.1, 0.15) is 36.5 Å². The van der Waals surface area contributed by atoms with Crippen molar-refractivity contribution in [2.75, 3.05) is 13.1 Å². The number of piperidine rings is 1. The minimum Gasteiger partial charge on any atom is -0.335 e. The van der Waals surface area contributed by atoms with E-state index in [0.717, 1.165) is 12.0 Å². The highest BCUT2D eigenvalue weighted by Gasteiger charge is 2.34. The van der Waals surface area contributed by atoms with Gasteiger partial charge in [0.2, 0.25) is 5.82 Å². The number of allylic oxidation sites excluding steroid dienone is 1. The average Bonchev–Trinajstić information content (AvgIpc) is 3.12. The quantitative estimate of drug-likeness (QED) is 0.570. The number of pyridine rings is 1. The molecular formula is C23H21ClN4O. The average molecular weight is 405 g/mol. The second-order valence-corrected chi connectivity index (χ2v) is 8.19. The maximum atomic E-state index is 12.9. The largest absolute Gasteiger partial charge is 0.335 e. The lowest BCUT2D eigenvalue weighted by Gasteiger charge is -2.39. The molecule has 3 heterocycles. The SMILES string of the molecule is CC1(C)CN(C(=O)c2nc3ccccn3n2)CC/C1=C\C#Cc1cccc(Cl)c1. The Labute approximate surface area is 175 Å². The van der Waals surface area contributed by atoms with E-state index in [4.69, 9.17) is 11.6 Å². The number of carbonyl (C=O) groups excluding carboxylic acids is 1. The van der Waals surface area contributed by atoms with Gasteiger partial charge in [-0.05, 0) is 42.8 Å². The predicted octanol–water partition coefficient (Wildman–Crippen LogP) is 4.23. The van der Waals surface area contributed by atoms with Crippen molar-refractivity contribution in [3.63, 3.8) is 0 Å². The van der Waals surface area contributed by atoms with E-state index >= 15 is 0 Å². The molecule has 29 heavy (non-hydrogen) atoms. The van der Waals surface area contributed by atoms with Crippen molar-refractivity contribution in [3.8, 4) is 11.8 Å². The fourth-order valence-electron chi connectivity index (χ4n) is 3.53. The Morgan fingerprint density at radius 1 is 1.24 bits per heavy atom. The van der Waals surface area contributed by atoms with E-state index in [2.05, 4.69) is 35.8 Å².